The summed E-state index contributed by atoms with van der Waals surface area (Å²) in [5.74, 6) is -1.42. The van der Waals surface area contributed by atoms with E-state index >= 15 is 0 Å². The summed E-state index contributed by atoms with van der Waals surface area (Å²) in [6.07, 6.45) is -4.58. The van der Waals surface area contributed by atoms with Crippen LogP contribution in [0.15, 0.2) is 33.6 Å². The minimum absolute atomic E-state index is 0.118. The van der Waals surface area contributed by atoms with E-state index in [4.69, 9.17) is 9.62 Å². The van der Waals surface area contributed by atoms with E-state index in [-0.39, 0.29) is 22.2 Å². The molecule has 12 heteroatoms. The number of hydroxylamine groups is 1. The van der Waals surface area contributed by atoms with Crippen LogP contribution in [0, 0.1) is 6.92 Å². The second-order valence-corrected chi connectivity index (χ2v) is 6.99. The Labute approximate surface area is 146 Å². The number of halogens is 3. The van der Waals surface area contributed by atoms with Crippen molar-refractivity contribution in [2.75, 3.05) is 0 Å². The topological polar surface area (TPSA) is 122 Å². The van der Waals surface area contributed by atoms with Crippen LogP contribution in [0.1, 0.15) is 40.7 Å². The second-order valence-electron chi connectivity index (χ2n) is 5.27. The molecule has 0 aliphatic carbocycles. The third-order valence-electron chi connectivity index (χ3n) is 3.32. The molecule has 0 aliphatic heterocycles. The van der Waals surface area contributed by atoms with E-state index in [1.807, 2.05) is 0 Å². The van der Waals surface area contributed by atoms with Gasteiger partial charge < -0.3 is 4.42 Å². The van der Waals surface area contributed by atoms with Crippen molar-refractivity contribution in [2.45, 2.75) is 31.0 Å². The molecule has 0 radical (unpaired) electrons. The highest BCUT2D eigenvalue weighted by Crippen LogP contribution is 2.30. The van der Waals surface area contributed by atoms with Crippen LogP contribution in [0.2, 0.25) is 0 Å². The molecule has 0 saturated heterocycles. The highest BCUT2D eigenvalue weighted by molar-refractivity contribution is 7.89. The average Bonchev–Trinajstić information content (AvgIpc) is 2.95. The summed E-state index contributed by atoms with van der Waals surface area (Å²) in [4.78, 5) is 14.9. The first kappa shape index (κ1) is 19.9. The number of oxazole rings is 1. The summed E-state index contributed by atoms with van der Waals surface area (Å²) >= 11 is 0. The number of carbonyl (C=O) groups excluding carboxylic acids is 1. The fourth-order valence-electron chi connectivity index (χ4n) is 2.04. The summed E-state index contributed by atoms with van der Waals surface area (Å²) in [7, 11) is -4.17. The molecular weight excluding hydrogens is 379 g/mol. The number of benzene rings is 1. The Morgan fingerprint density at radius 1 is 1.27 bits per heavy atom. The van der Waals surface area contributed by atoms with Crippen LogP contribution in [0.25, 0.3) is 0 Å². The lowest BCUT2D eigenvalue weighted by molar-refractivity contribution is -0.137. The van der Waals surface area contributed by atoms with E-state index in [1.165, 1.54) is 19.3 Å². The van der Waals surface area contributed by atoms with Crippen LogP contribution < -0.4 is 10.2 Å². The van der Waals surface area contributed by atoms with Gasteiger partial charge in [-0.25, -0.2) is 18.9 Å². The molecule has 0 unspecified atom stereocenters. The van der Waals surface area contributed by atoms with E-state index < -0.39 is 33.7 Å². The molecule has 26 heavy (non-hydrogen) atoms. The zero-order valence-corrected chi connectivity index (χ0v) is 14.3. The third-order valence-corrected chi connectivity index (χ3v) is 4.87. The van der Waals surface area contributed by atoms with Gasteiger partial charge in [-0.05, 0) is 38.1 Å². The number of hydrogen-bond acceptors (Lipinski definition) is 6. The number of nitrogens with zero attached hydrogens (tertiary/aromatic N) is 1. The molecule has 1 aromatic carbocycles. The number of nitrogens with one attached hydrogen (secondary N) is 2. The lowest BCUT2D eigenvalue weighted by Gasteiger charge is -2.12. The Kier molecular flexibility index (Phi) is 5.39. The Bertz CT molecular complexity index is 907. The first-order chi connectivity index (χ1) is 12.0. The maximum Gasteiger partial charge on any atom is 0.416 e. The largest absolute Gasteiger partial charge is 0.433 e. The Morgan fingerprint density at radius 3 is 2.35 bits per heavy atom. The van der Waals surface area contributed by atoms with Gasteiger partial charge in [0, 0.05) is 0 Å². The standard InChI is InChI=1S/C14H14F3N3O5S/c1-7-11(12(21)19-22)25-13(18-7)8(2)20-26(23,24)10-5-3-9(4-6-10)14(15,16)17/h3-6,8,20,22H,1-2H3,(H,19,21)/t8-/m1/s1. The molecule has 0 bridgehead atoms. The highest BCUT2D eigenvalue weighted by atomic mass is 32.2. The van der Waals surface area contributed by atoms with Gasteiger partial charge >= 0.3 is 12.1 Å². The molecule has 2 aromatic rings. The maximum absolute atomic E-state index is 12.5. The number of carbonyl (C=O) groups is 1. The predicted octanol–water partition coefficient (Wildman–Crippen LogP) is 2.16. The molecule has 3 N–H and O–H groups in total. The number of alkyl halides is 3. The molecule has 0 saturated carbocycles. The van der Waals surface area contributed by atoms with Gasteiger partial charge in [0.25, 0.3) is 0 Å². The number of sulfonamides is 1. The molecule has 1 amide bonds. The van der Waals surface area contributed by atoms with Gasteiger partial charge in [0.15, 0.2) is 0 Å². The van der Waals surface area contributed by atoms with Gasteiger partial charge in [0.05, 0.1) is 22.2 Å². The molecular formula is C14H14F3N3O5S. The van der Waals surface area contributed by atoms with Crippen LogP contribution in [-0.2, 0) is 16.2 Å². The van der Waals surface area contributed by atoms with Gasteiger partial charge in [0.1, 0.15) is 0 Å². The number of aromatic nitrogens is 1. The number of hydrogen-bond donors (Lipinski definition) is 3. The lowest BCUT2D eigenvalue weighted by atomic mass is 10.2. The first-order valence-corrected chi connectivity index (χ1v) is 8.55. The van der Waals surface area contributed by atoms with Crippen molar-refractivity contribution in [1.29, 1.82) is 0 Å². The van der Waals surface area contributed by atoms with Gasteiger partial charge in [-0.1, -0.05) is 0 Å². The monoisotopic (exact) mass is 393 g/mol. The average molecular weight is 393 g/mol. The summed E-state index contributed by atoms with van der Waals surface area (Å²) < 4.78 is 69.5. The van der Waals surface area contributed by atoms with Crippen molar-refractivity contribution in [1.82, 2.24) is 15.2 Å². The van der Waals surface area contributed by atoms with E-state index in [2.05, 4.69) is 9.71 Å². The SMILES string of the molecule is Cc1nc([C@@H](C)NS(=O)(=O)c2ccc(C(F)(F)F)cc2)oc1C(=O)NO. The number of aryl methyl sites for hydroxylation is 1. The Morgan fingerprint density at radius 2 is 1.85 bits per heavy atom. The van der Waals surface area contributed by atoms with E-state index in [1.54, 1.807) is 0 Å². The van der Waals surface area contributed by atoms with Crippen molar-refractivity contribution < 1.29 is 36.0 Å². The van der Waals surface area contributed by atoms with E-state index in [0.29, 0.717) is 12.1 Å². The Balaban J connectivity index is 2.22. The van der Waals surface area contributed by atoms with Crippen LogP contribution >= 0.6 is 0 Å². The highest BCUT2D eigenvalue weighted by Gasteiger charge is 2.31. The molecule has 0 aliphatic rings. The van der Waals surface area contributed by atoms with Crippen molar-refractivity contribution in [3.63, 3.8) is 0 Å². The smallest absolute Gasteiger partial charge is 0.416 e. The van der Waals surface area contributed by atoms with E-state index in [0.717, 1.165) is 12.1 Å². The minimum atomic E-state index is -4.58. The summed E-state index contributed by atoms with van der Waals surface area (Å²) in [6.45, 7) is 2.78. The van der Waals surface area contributed by atoms with Crippen molar-refractivity contribution in [3.8, 4) is 0 Å². The summed E-state index contributed by atoms with van der Waals surface area (Å²) in [5, 5.41) is 8.60. The minimum Gasteiger partial charge on any atom is -0.433 e. The zero-order chi connectivity index (χ0) is 19.7. The van der Waals surface area contributed by atoms with Crippen LogP contribution in [-0.4, -0.2) is 24.5 Å². The van der Waals surface area contributed by atoms with Crippen molar-refractivity contribution in [3.05, 3.63) is 47.2 Å². The maximum atomic E-state index is 12.5. The lowest BCUT2D eigenvalue weighted by Crippen LogP contribution is -2.27. The molecule has 1 heterocycles. The van der Waals surface area contributed by atoms with Crippen LogP contribution in [0.4, 0.5) is 13.2 Å². The third kappa shape index (κ3) is 4.20. The fraction of sp³-hybridized carbons (Fsp3) is 0.286. The zero-order valence-electron chi connectivity index (χ0n) is 13.5. The van der Waals surface area contributed by atoms with Crippen molar-refractivity contribution >= 4 is 15.9 Å². The molecule has 8 nitrogen and oxygen atoms in total. The Hall–Kier alpha value is -2.44. The molecule has 142 valence electrons. The molecule has 0 fully saturated rings. The van der Waals surface area contributed by atoms with E-state index in [9.17, 15) is 26.4 Å². The summed E-state index contributed by atoms with van der Waals surface area (Å²) in [6, 6.07) is 1.92. The van der Waals surface area contributed by atoms with Crippen molar-refractivity contribution in [2.24, 2.45) is 0 Å². The quantitative estimate of drug-likeness (QED) is 0.529. The summed E-state index contributed by atoms with van der Waals surface area (Å²) in [5.41, 5.74) is 0.501. The van der Waals surface area contributed by atoms with Gasteiger partial charge in [-0.15, -0.1) is 0 Å². The normalized spacial score (nSPS) is 13.5. The van der Waals surface area contributed by atoms with Crippen LogP contribution in [0.5, 0.6) is 0 Å². The van der Waals surface area contributed by atoms with Crippen LogP contribution in [0.3, 0.4) is 0 Å². The first-order valence-electron chi connectivity index (χ1n) is 7.07. The number of rotatable bonds is 5. The van der Waals surface area contributed by atoms with Gasteiger partial charge in [0.2, 0.25) is 21.7 Å². The number of amides is 1. The van der Waals surface area contributed by atoms with Gasteiger partial charge in [-0.3, -0.25) is 10.0 Å². The van der Waals surface area contributed by atoms with Gasteiger partial charge in [-0.2, -0.15) is 17.9 Å². The second kappa shape index (κ2) is 7.05. The molecule has 2 rings (SSSR count). The predicted molar refractivity (Wildman–Crippen MR) is 80.7 cm³/mol. The molecule has 0 spiro atoms. The fourth-order valence-corrected chi connectivity index (χ4v) is 3.23. The molecule has 1 atom stereocenters. The molecule has 1 aromatic heterocycles.